The summed E-state index contributed by atoms with van der Waals surface area (Å²) < 4.78 is 0. The van der Waals surface area contributed by atoms with E-state index in [0.717, 1.165) is 12.0 Å². The summed E-state index contributed by atoms with van der Waals surface area (Å²) in [7, 11) is 0. The van der Waals surface area contributed by atoms with Crippen molar-refractivity contribution in [2.75, 3.05) is 6.54 Å². The van der Waals surface area contributed by atoms with Crippen LogP contribution in [0.2, 0.25) is 5.02 Å². The zero-order valence-electron chi connectivity index (χ0n) is 11.4. The molecule has 0 bridgehead atoms. The molecule has 1 aromatic carbocycles. The summed E-state index contributed by atoms with van der Waals surface area (Å²) in [4.78, 5) is 25.1. The SMILES string of the molecule is CC1CCC(C(=O)O)CN1C(=O)Cc1ccc(Cl)cc1. The fourth-order valence-electron chi connectivity index (χ4n) is 2.53. The van der Waals surface area contributed by atoms with E-state index in [0.29, 0.717) is 18.0 Å². The van der Waals surface area contributed by atoms with E-state index in [9.17, 15) is 9.59 Å². The van der Waals surface area contributed by atoms with Crippen LogP contribution in [0.1, 0.15) is 25.3 Å². The van der Waals surface area contributed by atoms with Gasteiger partial charge in [-0.2, -0.15) is 0 Å². The lowest BCUT2D eigenvalue weighted by molar-refractivity contribution is -0.146. The second kappa shape index (κ2) is 6.27. The second-order valence-electron chi connectivity index (χ2n) is 5.31. The van der Waals surface area contributed by atoms with Crippen molar-refractivity contribution in [2.24, 2.45) is 5.92 Å². The number of piperidine rings is 1. The Morgan fingerprint density at radius 2 is 1.95 bits per heavy atom. The van der Waals surface area contributed by atoms with E-state index in [1.807, 2.05) is 19.1 Å². The molecule has 2 rings (SSSR count). The van der Waals surface area contributed by atoms with Gasteiger partial charge < -0.3 is 10.0 Å². The summed E-state index contributed by atoms with van der Waals surface area (Å²) in [6, 6.07) is 7.26. The third kappa shape index (κ3) is 3.51. The Morgan fingerprint density at radius 1 is 1.30 bits per heavy atom. The number of hydrogen-bond donors (Lipinski definition) is 1. The molecule has 108 valence electrons. The first-order chi connectivity index (χ1) is 9.47. The van der Waals surface area contributed by atoms with E-state index < -0.39 is 11.9 Å². The Balaban J connectivity index is 2.03. The molecule has 2 unspecified atom stereocenters. The highest BCUT2D eigenvalue weighted by Crippen LogP contribution is 2.23. The van der Waals surface area contributed by atoms with E-state index in [-0.39, 0.29) is 18.4 Å². The van der Waals surface area contributed by atoms with Gasteiger partial charge in [0, 0.05) is 17.6 Å². The Labute approximate surface area is 123 Å². The predicted molar refractivity (Wildman–Crippen MR) is 76.7 cm³/mol. The summed E-state index contributed by atoms with van der Waals surface area (Å²) >= 11 is 5.81. The lowest BCUT2D eigenvalue weighted by Crippen LogP contribution is -2.47. The van der Waals surface area contributed by atoms with E-state index >= 15 is 0 Å². The highest BCUT2D eigenvalue weighted by Gasteiger charge is 2.32. The number of amides is 1. The highest BCUT2D eigenvalue weighted by molar-refractivity contribution is 6.30. The molecule has 1 aromatic rings. The number of benzene rings is 1. The summed E-state index contributed by atoms with van der Waals surface area (Å²) in [6.07, 6.45) is 1.67. The van der Waals surface area contributed by atoms with Crippen LogP contribution >= 0.6 is 11.6 Å². The van der Waals surface area contributed by atoms with Crippen LogP contribution in [0.3, 0.4) is 0 Å². The van der Waals surface area contributed by atoms with Crippen molar-refractivity contribution in [1.82, 2.24) is 4.90 Å². The molecule has 2 atom stereocenters. The third-order valence-corrected chi connectivity index (χ3v) is 4.07. The number of nitrogens with zero attached hydrogens (tertiary/aromatic N) is 1. The minimum atomic E-state index is -0.818. The topological polar surface area (TPSA) is 57.6 Å². The summed E-state index contributed by atoms with van der Waals surface area (Å²) in [5.74, 6) is -1.28. The molecule has 5 heteroatoms. The minimum absolute atomic E-state index is 0.0224. The maximum Gasteiger partial charge on any atom is 0.308 e. The van der Waals surface area contributed by atoms with Crippen molar-refractivity contribution in [3.63, 3.8) is 0 Å². The van der Waals surface area contributed by atoms with Crippen LogP contribution in [-0.4, -0.2) is 34.5 Å². The van der Waals surface area contributed by atoms with Crippen LogP contribution in [0.25, 0.3) is 0 Å². The van der Waals surface area contributed by atoms with E-state index in [2.05, 4.69) is 0 Å². The van der Waals surface area contributed by atoms with Gasteiger partial charge in [0.25, 0.3) is 0 Å². The normalized spacial score (nSPS) is 22.6. The quantitative estimate of drug-likeness (QED) is 0.932. The number of halogens is 1. The number of carboxylic acids is 1. The second-order valence-corrected chi connectivity index (χ2v) is 5.75. The number of rotatable bonds is 3. The van der Waals surface area contributed by atoms with Gasteiger partial charge in [-0.3, -0.25) is 9.59 Å². The molecule has 1 fully saturated rings. The molecule has 0 radical (unpaired) electrons. The maximum absolute atomic E-state index is 12.3. The van der Waals surface area contributed by atoms with Gasteiger partial charge in [0.05, 0.1) is 12.3 Å². The van der Waals surface area contributed by atoms with Crippen LogP contribution in [0.5, 0.6) is 0 Å². The standard InChI is InChI=1S/C15H18ClNO3/c1-10-2-5-12(15(19)20)9-17(10)14(18)8-11-3-6-13(16)7-4-11/h3-4,6-7,10,12H,2,5,8-9H2,1H3,(H,19,20). The molecule has 1 N–H and O–H groups in total. The number of carboxylic acid groups (broad SMARTS) is 1. The summed E-state index contributed by atoms with van der Waals surface area (Å²) in [6.45, 7) is 2.28. The molecule has 1 aliphatic heterocycles. The van der Waals surface area contributed by atoms with Crippen molar-refractivity contribution >= 4 is 23.5 Å². The number of carbonyl (C=O) groups is 2. The average Bonchev–Trinajstić information content (AvgIpc) is 2.41. The van der Waals surface area contributed by atoms with Crippen LogP contribution in [0.4, 0.5) is 0 Å². The molecule has 0 aliphatic carbocycles. The van der Waals surface area contributed by atoms with Crippen molar-refractivity contribution in [2.45, 2.75) is 32.2 Å². The lowest BCUT2D eigenvalue weighted by atomic mass is 9.93. The molecule has 0 spiro atoms. The van der Waals surface area contributed by atoms with Gasteiger partial charge in [0.15, 0.2) is 0 Å². The summed E-state index contributed by atoms with van der Waals surface area (Å²) in [5.41, 5.74) is 0.893. The molecule has 1 amide bonds. The molecular formula is C15H18ClNO3. The van der Waals surface area contributed by atoms with E-state index in [1.165, 1.54) is 0 Å². The van der Waals surface area contributed by atoms with E-state index in [1.54, 1.807) is 17.0 Å². The first kappa shape index (κ1) is 14.9. The molecule has 1 heterocycles. The van der Waals surface area contributed by atoms with Crippen molar-refractivity contribution in [1.29, 1.82) is 0 Å². The first-order valence-corrected chi connectivity index (χ1v) is 7.12. The maximum atomic E-state index is 12.3. The van der Waals surface area contributed by atoms with Gasteiger partial charge in [0.1, 0.15) is 0 Å². The van der Waals surface area contributed by atoms with Crippen molar-refractivity contribution < 1.29 is 14.7 Å². The van der Waals surface area contributed by atoms with Crippen LogP contribution in [-0.2, 0) is 16.0 Å². The minimum Gasteiger partial charge on any atom is -0.481 e. The number of carbonyl (C=O) groups excluding carboxylic acids is 1. The monoisotopic (exact) mass is 295 g/mol. The Kier molecular flexibility index (Phi) is 4.65. The van der Waals surface area contributed by atoms with Gasteiger partial charge in [0.2, 0.25) is 5.91 Å². The third-order valence-electron chi connectivity index (χ3n) is 3.82. The Morgan fingerprint density at radius 3 is 2.55 bits per heavy atom. The zero-order chi connectivity index (χ0) is 14.7. The Hall–Kier alpha value is -1.55. The van der Waals surface area contributed by atoms with Crippen LogP contribution < -0.4 is 0 Å². The molecule has 0 saturated carbocycles. The van der Waals surface area contributed by atoms with Crippen LogP contribution in [0, 0.1) is 5.92 Å². The molecule has 4 nitrogen and oxygen atoms in total. The molecule has 1 saturated heterocycles. The lowest BCUT2D eigenvalue weighted by Gasteiger charge is -2.36. The van der Waals surface area contributed by atoms with Crippen LogP contribution in [0.15, 0.2) is 24.3 Å². The molecule has 20 heavy (non-hydrogen) atoms. The van der Waals surface area contributed by atoms with Gasteiger partial charge in [-0.25, -0.2) is 0 Å². The van der Waals surface area contributed by atoms with Gasteiger partial charge in [-0.05, 0) is 37.5 Å². The number of aliphatic carboxylic acids is 1. The largest absolute Gasteiger partial charge is 0.481 e. The molecule has 1 aliphatic rings. The van der Waals surface area contributed by atoms with Crippen molar-refractivity contribution in [3.05, 3.63) is 34.9 Å². The molecular weight excluding hydrogens is 278 g/mol. The molecule has 0 aromatic heterocycles. The van der Waals surface area contributed by atoms with Gasteiger partial charge >= 0.3 is 5.97 Å². The fourth-order valence-corrected chi connectivity index (χ4v) is 2.66. The van der Waals surface area contributed by atoms with Gasteiger partial charge in [-0.1, -0.05) is 23.7 Å². The number of hydrogen-bond acceptors (Lipinski definition) is 2. The summed E-state index contributed by atoms with van der Waals surface area (Å²) in [5, 5.41) is 9.73. The van der Waals surface area contributed by atoms with Gasteiger partial charge in [-0.15, -0.1) is 0 Å². The Bertz CT molecular complexity index is 500. The van der Waals surface area contributed by atoms with Crippen molar-refractivity contribution in [3.8, 4) is 0 Å². The smallest absolute Gasteiger partial charge is 0.308 e. The number of likely N-dealkylation sites (tertiary alicyclic amines) is 1. The predicted octanol–water partition coefficient (Wildman–Crippen LogP) is 2.59. The fraction of sp³-hybridized carbons (Fsp3) is 0.467. The zero-order valence-corrected chi connectivity index (χ0v) is 12.1. The van der Waals surface area contributed by atoms with E-state index in [4.69, 9.17) is 16.7 Å². The highest BCUT2D eigenvalue weighted by atomic mass is 35.5. The first-order valence-electron chi connectivity index (χ1n) is 6.74. The average molecular weight is 296 g/mol.